The number of carbonyl (C=O) groups is 1. The molecule has 29 heavy (non-hydrogen) atoms. The average Bonchev–Trinajstić information content (AvgIpc) is 3.23. The summed E-state index contributed by atoms with van der Waals surface area (Å²) in [6.45, 7) is 6.55. The summed E-state index contributed by atoms with van der Waals surface area (Å²) in [5.74, 6) is 1.24. The van der Waals surface area contributed by atoms with Crippen molar-refractivity contribution in [3.05, 3.63) is 46.1 Å². The Morgan fingerprint density at radius 3 is 2.86 bits per heavy atom. The molecule has 150 valence electrons. The van der Waals surface area contributed by atoms with E-state index >= 15 is 0 Å². The smallest absolute Gasteiger partial charge is 0.223 e. The number of amides is 1. The van der Waals surface area contributed by atoms with Crippen LogP contribution < -0.4 is 4.90 Å². The maximum Gasteiger partial charge on any atom is 0.223 e. The number of hydrogen-bond donors (Lipinski definition) is 1. The predicted molar refractivity (Wildman–Crippen MR) is 108 cm³/mol. The molecule has 3 aromatic heterocycles. The molecule has 1 saturated heterocycles. The first kappa shape index (κ1) is 18.2. The van der Waals surface area contributed by atoms with Gasteiger partial charge in [0, 0.05) is 38.0 Å². The van der Waals surface area contributed by atoms with E-state index in [4.69, 9.17) is 11.6 Å². The molecule has 5 heterocycles. The van der Waals surface area contributed by atoms with E-state index in [1.807, 2.05) is 27.3 Å². The molecule has 5 rings (SSSR count). The van der Waals surface area contributed by atoms with Gasteiger partial charge in [0.25, 0.3) is 0 Å². The van der Waals surface area contributed by atoms with Gasteiger partial charge < -0.3 is 14.9 Å². The SMILES string of the molecule is Cc1nc2cc(C)c3c(n2n1)CN(C(=O)CC1CN(c2cc(Cl)ncc2O)C1)C3. The number of aryl methyl sites for hydroxylation is 2. The number of nitrogens with zero attached hydrogens (tertiary/aromatic N) is 6. The summed E-state index contributed by atoms with van der Waals surface area (Å²) < 4.78 is 1.87. The first-order valence-electron chi connectivity index (χ1n) is 9.61. The third-order valence-corrected chi connectivity index (χ3v) is 6.00. The molecular formula is C20H21ClN6O2. The minimum atomic E-state index is 0.108. The summed E-state index contributed by atoms with van der Waals surface area (Å²) >= 11 is 5.93. The Labute approximate surface area is 172 Å². The van der Waals surface area contributed by atoms with Crippen molar-refractivity contribution in [2.45, 2.75) is 33.4 Å². The Hall–Kier alpha value is -2.87. The van der Waals surface area contributed by atoms with E-state index in [1.54, 1.807) is 6.07 Å². The highest BCUT2D eigenvalue weighted by atomic mass is 35.5. The van der Waals surface area contributed by atoms with Gasteiger partial charge in [-0.15, -0.1) is 0 Å². The van der Waals surface area contributed by atoms with Crippen LogP contribution in [0.5, 0.6) is 5.75 Å². The molecule has 3 aromatic rings. The number of anilines is 1. The normalized spacial score (nSPS) is 16.4. The lowest BCUT2D eigenvalue weighted by atomic mass is 9.95. The first-order chi connectivity index (χ1) is 13.9. The summed E-state index contributed by atoms with van der Waals surface area (Å²) in [4.78, 5) is 25.2. The summed E-state index contributed by atoms with van der Waals surface area (Å²) in [5, 5.41) is 14.8. The van der Waals surface area contributed by atoms with Gasteiger partial charge in [-0.25, -0.2) is 14.5 Å². The second-order valence-corrected chi connectivity index (χ2v) is 8.29. The van der Waals surface area contributed by atoms with E-state index in [1.165, 1.54) is 11.8 Å². The summed E-state index contributed by atoms with van der Waals surface area (Å²) in [5.41, 5.74) is 4.87. The molecule has 0 spiro atoms. The molecule has 0 bridgehead atoms. The molecule has 0 unspecified atom stereocenters. The number of hydrogen-bond acceptors (Lipinski definition) is 6. The largest absolute Gasteiger partial charge is 0.504 e. The highest BCUT2D eigenvalue weighted by Gasteiger charge is 2.34. The van der Waals surface area contributed by atoms with Crippen LogP contribution >= 0.6 is 11.6 Å². The molecular weight excluding hydrogens is 392 g/mol. The van der Waals surface area contributed by atoms with E-state index in [9.17, 15) is 9.90 Å². The van der Waals surface area contributed by atoms with Crippen molar-refractivity contribution in [3.8, 4) is 5.75 Å². The maximum absolute atomic E-state index is 12.9. The second kappa shape index (κ2) is 6.59. The third kappa shape index (κ3) is 3.07. The number of pyridine rings is 2. The molecule has 0 atom stereocenters. The van der Waals surface area contributed by atoms with Gasteiger partial charge in [-0.05, 0) is 31.0 Å². The van der Waals surface area contributed by atoms with Crippen molar-refractivity contribution in [1.29, 1.82) is 0 Å². The van der Waals surface area contributed by atoms with Gasteiger partial charge in [0.1, 0.15) is 11.0 Å². The topological polar surface area (TPSA) is 86.9 Å². The molecule has 2 aliphatic heterocycles. The lowest BCUT2D eigenvalue weighted by molar-refractivity contribution is -0.133. The quantitative estimate of drug-likeness (QED) is 0.665. The van der Waals surface area contributed by atoms with E-state index in [0.717, 1.165) is 22.7 Å². The van der Waals surface area contributed by atoms with E-state index in [-0.39, 0.29) is 17.6 Å². The molecule has 1 amide bonds. The van der Waals surface area contributed by atoms with Gasteiger partial charge in [0.2, 0.25) is 5.91 Å². The van der Waals surface area contributed by atoms with Crippen molar-refractivity contribution in [2.75, 3.05) is 18.0 Å². The first-order valence-corrected chi connectivity index (χ1v) is 9.99. The van der Waals surface area contributed by atoms with Crippen molar-refractivity contribution >= 4 is 28.8 Å². The molecule has 1 fully saturated rings. The minimum absolute atomic E-state index is 0.108. The van der Waals surface area contributed by atoms with Crippen LogP contribution in [-0.2, 0) is 17.9 Å². The Morgan fingerprint density at radius 2 is 2.07 bits per heavy atom. The number of fused-ring (bicyclic) bond motifs is 3. The molecule has 9 heteroatoms. The number of carbonyl (C=O) groups excluding carboxylic acids is 1. The van der Waals surface area contributed by atoms with Crippen molar-refractivity contribution in [1.82, 2.24) is 24.5 Å². The van der Waals surface area contributed by atoms with Crippen molar-refractivity contribution < 1.29 is 9.90 Å². The third-order valence-electron chi connectivity index (χ3n) is 5.80. The zero-order valence-electron chi connectivity index (χ0n) is 16.3. The van der Waals surface area contributed by atoms with Crippen LogP contribution in [-0.4, -0.2) is 48.6 Å². The lowest BCUT2D eigenvalue weighted by Crippen LogP contribution is -2.48. The zero-order valence-corrected chi connectivity index (χ0v) is 17.0. The monoisotopic (exact) mass is 412 g/mol. The number of rotatable bonds is 3. The van der Waals surface area contributed by atoms with Gasteiger partial charge >= 0.3 is 0 Å². The molecule has 1 N–H and O–H groups in total. The van der Waals surface area contributed by atoms with E-state index < -0.39 is 0 Å². The molecule has 0 aliphatic carbocycles. The van der Waals surface area contributed by atoms with Crippen LogP contribution in [0.2, 0.25) is 5.15 Å². The van der Waals surface area contributed by atoms with Gasteiger partial charge in [0.15, 0.2) is 11.4 Å². The van der Waals surface area contributed by atoms with Gasteiger partial charge in [-0.1, -0.05) is 11.6 Å². The fourth-order valence-corrected chi connectivity index (χ4v) is 4.43. The predicted octanol–water partition coefficient (Wildman–Crippen LogP) is 2.47. The molecule has 0 aromatic carbocycles. The van der Waals surface area contributed by atoms with Crippen LogP contribution in [0, 0.1) is 19.8 Å². The van der Waals surface area contributed by atoms with Gasteiger partial charge in [0.05, 0.1) is 24.1 Å². The molecule has 0 radical (unpaired) electrons. The highest BCUT2D eigenvalue weighted by Crippen LogP contribution is 2.35. The van der Waals surface area contributed by atoms with Gasteiger partial charge in [-0.3, -0.25) is 4.79 Å². The van der Waals surface area contributed by atoms with Crippen molar-refractivity contribution in [3.63, 3.8) is 0 Å². The average molecular weight is 413 g/mol. The summed E-state index contributed by atoms with van der Waals surface area (Å²) in [6.07, 6.45) is 1.84. The minimum Gasteiger partial charge on any atom is -0.504 e. The van der Waals surface area contributed by atoms with Crippen LogP contribution in [0.4, 0.5) is 5.69 Å². The van der Waals surface area contributed by atoms with E-state index in [0.29, 0.717) is 43.4 Å². The zero-order chi connectivity index (χ0) is 20.3. The highest BCUT2D eigenvalue weighted by molar-refractivity contribution is 6.29. The summed E-state index contributed by atoms with van der Waals surface area (Å²) in [6, 6.07) is 3.68. The van der Waals surface area contributed by atoms with Crippen LogP contribution in [0.1, 0.15) is 29.1 Å². The van der Waals surface area contributed by atoms with Crippen LogP contribution in [0.3, 0.4) is 0 Å². The Balaban J connectivity index is 1.25. The van der Waals surface area contributed by atoms with Crippen molar-refractivity contribution in [2.24, 2.45) is 5.92 Å². The maximum atomic E-state index is 12.9. The Bertz CT molecular complexity index is 1140. The number of halogens is 1. The summed E-state index contributed by atoms with van der Waals surface area (Å²) in [7, 11) is 0. The number of aromatic hydroxyl groups is 1. The lowest BCUT2D eigenvalue weighted by Gasteiger charge is -2.41. The Kier molecular flexibility index (Phi) is 4.13. The Morgan fingerprint density at radius 1 is 1.28 bits per heavy atom. The molecule has 8 nitrogen and oxygen atoms in total. The van der Waals surface area contributed by atoms with E-state index in [2.05, 4.69) is 22.0 Å². The molecule has 0 saturated carbocycles. The number of aromatic nitrogens is 4. The second-order valence-electron chi connectivity index (χ2n) is 7.90. The van der Waals surface area contributed by atoms with Crippen LogP contribution in [0.25, 0.3) is 5.65 Å². The molecule has 2 aliphatic rings. The fourth-order valence-electron chi connectivity index (χ4n) is 4.28. The van der Waals surface area contributed by atoms with Crippen LogP contribution in [0.15, 0.2) is 18.3 Å². The standard InChI is InChI=1S/C20H21ClN6O2/c1-11-3-19-23-12(2)24-27(19)16-10-26(9-14(11)16)20(29)4-13-7-25(8-13)15-5-18(21)22-6-17(15)28/h3,5-6,13,28H,4,7-10H2,1-2H3. The fraction of sp³-hybridized carbons (Fsp3) is 0.400. The van der Waals surface area contributed by atoms with Gasteiger partial charge in [-0.2, -0.15) is 5.10 Å².